The molecule has 1 atom stereocenters. The van der Waals surface area contributed by atoms with Crippen LogP contribution in [0.2, 0.25) is 15.1 Å². The molecular weight excluding hydrogens is 507 g/mol. The van der Waals surface area contributed by atoms with E-state index in [0.717, 1.165) is 30.0 Å². The van der Waals surface area contributed by atoms with Crippen molar-refractivity contribution in [3.8, 4) is 5.75 Å². The van der Waals surface area contributed by atoms with Crippen LogP contribution in [0.1, 0.15) is 27.6 Å². The first kappa shape index (κ1) is 25.8. The number of amides is 1. The molecule has 0 N–H and O–H groups in total. The van der Waals surface area contributed by atoms with E-state index in [9.17, 15) is 4.79 Å². The van der Waals surface area contributed by atoms with E-state index in [2.05, 4.69) is 4.90 Å². The Hall–Kier alpha value is -2.28. The second kappa shape index (κ2) is 12.1. The summed E-state index contributed by atoms with van der Waals surface area (Å²) in [5.74, 6) is 0.646. The highest BCUT2D eigenvalue weighted by Crippen LogP contribution is 2.28. The molecule has 35 heavy (non-hydrogen) atoms. The molecule has 0 aromatic heterocycles. The quantitative estimate of drug-likeness (QED) is 0.337. The van der Waals surface area contributed by atoms with Crippen molar-refractivity contribution in [3.05, 3.63) is 98.5 Å². The van der Waals surface area contributed by atoms with Gasteiger partial charge in [-0.2, -0.15) is 0 Å². The van der Waals surface area contributed by atoms with Crippen LogP contribution in [0.4, 0.5) is 0 Å². The van der Waals surface area contributed by atoms with Crippen molar-refractivity contribution in [1.82, 2.24) is 9.80 Å². The lowest BCUT2D eigenvalue weighted by Crippen LogP contribution is -2.49. The van der Waals surface area contributed by atoms with Crippen LogP contribution >= 0.6 is 34.8 Å². The zero-order valence-electron chi connectivity index (χ0n) is 19.4. The molecule has 0 saturated carbocycles. The Morgan fingerprint density at radius 2 is 1.60 bits per heavy atom. The van der Waals surface area contributed by atoms with Crippen LogP contribution in [0.25, 0.3) is 0 Å². The van der Waals surface area contributed by atoms with Gasteiger partial charge in [-0.05, 0) is 47.5 Å². The second-order valence-electron chi connectivity index (χ2n) is 8.40. The summed E-state index contributed by atoms with van der Waals surface area (Å²) in [6.45, 7) is 3.72. The first-order valence-corrected chi connectivity index (χ1v) is 12.5. The fraction of sp³-hybridized carbons (Fsp3) is 0.296. The summed E-state index contributed by atoms with van der Waals surface area (Å²) in [6, 6.07) is 20.7. The summed E-state index contributed by atoms with van der Waals surface area (Å²) < 4.78 is 11.8. The second-order valence-corrected chi connectivity index (χ2v) is 9.65. The maximum Gasteiger partial charge on any atom is 0.256 e. The first-order valence-electron chi connectivity index (χ1n) is 11.4. The normalized spacial score (nSPS) is 15.1. The summed E-state index contributed by atoms with van der Waals surface area (Å²) in [4.78, 5) is 17.1. The number of carbonyl (C=O) groups is 1. The standard InChI is InChI=1S/C27H27Cl3N2O3/c1-34-22-8-3-6-20(16-22)25(35-18-19-5-2-7-21(28)15-19)17-31-11-13-32(14-12-31)27(33)26-23(29)9-4-10-24(26)30/h2-10,15-16,25H,11-14,17-18H2,1H3/t25-/m1/s1. The number of piperazine rings is 1. The Bertz CT molecular complexity index is 1150. The Balaban J connectivity index is 1.43. The predicted molar refractivity (Wildman–Crippen MR) is 141 cm³/mol. The molecule has 0 aliphatic carbocycles. The Kier molecular flexibility index (Phi) is 8.93. The average molecular weight is 534 g/mol. The van der Waals surface area contributed by atoms with Gasteiger partial charge >= 0.3 is 0 Å². The lowest BCUT2D eigenvalue weighted by atomic mass is 10.1. The van der Waals surface area contributed by atoms with E-state index < -0.39 is 0 Å². The topological polar surface area (TPSA) is 42.0 Å². The average Bonchev–Trinajstić information content (AvgIpc) is 2.87. The van der Waals surface area contributed by atoms with Crippen LogP contribution in [-0.2, 0) is 11.3 Å². The van der Waals surface area contributed by atoms with Crippen molar-refractivity contribution in [2.75, 3.05) is 39.8 Å². The zero-order valence-corrected chi connectivity index (χ0v) is 21.7. The highest BCUT2D eigenvalue weighted by molar-refractivity contribution is 6.39. The maximum atomic E-state index is 13.0. The van der Waals surface area contributed by atoms with Gasteiger partial charge in [-0.15, -0.1) is 0 Å². The van der Waals surface area contributed by atoms with Crippen molar-refractivity contribution >= 4 is 40.7 Å². The number of ether oxygens (including phenoxy) is 2. The van der Waals surface area contributed by atoms with Crippen LogP contribution in [0.5, 0.6) is 5.75 Å². The highest BCUT2D eigenvalue weighted by Gasteiger charge is 2.27. The highest BCUT2D eigenvalue weighted by atomic mass is 35.5. The van der Waals surface area contributed by atoms with Gasteiger partial charge in [0.2, 0.25) is 0 Å². The number of halogens is 3. The van der Waals surface area contributed by atoms with E-state index in [4.69, 9.17) is 44.3 Å². The fourth-order valence-corrected chi connectivity index (χ4v) is 4.92. The molecule has 8 heteroatoms. The SMILES string of the molecule is COc1cccc([C@@H](CN2CCN(C(=O)c3c(Cl)cccc3Cl)CC2)OCc2cccc(Cl)c2)c1. The van der Waals surface area contributed by atoms with Crippen LogP contribution in [0.15, 0.2) is 66.7 Å². The summed E-state index contributed by atoms with van der Waals surface area (Å²) in [7, 11) is 1.66. The van der Waals surface area contributed by atoms with Gasteiger partial charge in [0.1, 0.15) is 5.75 Å². The van der Waals surface area contributed by atoms with Gasteiger partial charge in [-0.3, -0.25) is 9.69 Å². The fourth-order valence-electron chi connectivity index (χ4n) is 4.15. The predicted octanol–water partition coefficient (Wildman–Crippen LogP) is 6.37. The molecule has 1 heterocycles. The minimum atomic E-state index is -0.177. The van der Waals surface area contributed by atoms with E-state index in [-0.39, 0.29) is 12.0 Å². The molecule has 184 valence electrons. The van der Waals surface area contributed by atoms with E-state index in [0.29, 0.717) is 46.9 Å². The molecule has 1 amide bonds. The molecule has 1 saturated heterocycles. The van der Waals surface area contributed by atoms with Gasteiger partial charge in [0.25, 0.3) is 5.91 Å². The summed E-state index contributed by atoms with van der Waals surface area (Å²) in [5.41, 5.74) is 2.41. The number of hydrogen-bond donors (Lipinski definition) is 0. The molecule has 1 aliphatic rings. The van der Waals surface area contributed by atoms with Crippen LogP contribution < -0.4 is 4.74 Å². The summed E-state index contributed by atoms with van der Waals surface area (Å²) in [6.07, 6.45) is -0.177. The Labute approximate surface area is 221 Å². The van der Waals surface area contributed by atoms with E-state index in [1.165, 1.54) is 0 Å². The van der Waals surface area contributed by atoms with E-state index in [1.807, 2.05) is 48.5 Å². The maximum absolute atomic E-state index is 13.0. The molecule has 5 nitrogen and oxygen atoms in total. The van der Waals surface area contributed by atoms with Crippen molar-refractivity contribution in [1.29, 1.82) is 0 Å². The molecule has 0 spiro atoms. The van der Waals surface area contributed by atoms with Crippen LogP contribution in [0.3, 0.4) is 0 Å². The number of hydrogen-bond acceptors (Lipinski definition) is 4. The number of rotatable bonds is 8. The molecule has 1 aliphatic heterocycles. The third-order valence-corrected chi connectivity index (χ3v) is 6.93. The van der Waals surface area contributed by atoms with Crippen molar-refractivity contribution in [2.45, 2.75) is 12.7 Å². The third kappa shape index (κ3) is 6.69. The number of carbonyl (C=O) groups excluding carboxylic acids is 1. The Morgan fingerprint density at radius 3 is 2.29 bits per heavy atom. The molecule has 0 bridgehead atoms. The van der Waals surface area contributed by atoms with Crippen molar-refractivity contribution in [2.24, 2.45) is 0 Å². The first-order chi connectivity index (χ1) is 16.9. The lowest BCUT2D eigenvalue weighted by Gasteiger charge is -2.36. The molecule has 1 fully saturated rings. The molecular formula is C27H27Cl3N2O3. The van der Waals surface area contributed by atoms with Gasteiger partial charge in [-0.25, -0.2) is 0 Å². The number of benzene rings is 3. The lowest BCUT2D eigenvalue weighted by molar-refractivity contribution is 0.00334. The van der Waals surface area contributed by atoms with Crippen LogP contribution in [-0.4, -0.2) is 55.5 Å². The molecule has 0 unspecified atom stereocenters. The van der Waals surface area contributed by atoms with Crippen molar-refractivity contribution < 1.29 is 14.3 Å². The zero-order chi connectivity index (χ0) is 24.8. The van der Waals surface area contributed by atoms with Gasteiger partial charge in [0.15, 0.2) is 0 Å². The number of methoxy groups -OCH3 is 1. The summed E-state index contributed by atoms with van der Waals surface area (Å²) >= 11 is 18.6. The molecule has 0 radical (unpaired) electrons. The minimum absolute atomic E-state index is 0.137. The van der Waals surface area contributed by atoms with E-state index in [1.54, 1.807) is 30.2 Å². The molecule has 4 rings (SSSR count). The summed E-state index contributed by atoms with van der Waals surface area (Å²) in [5, 5.41) is 1.43. The van der Waals surface area contributed by atoms with Gasteiger partial charge < -0.3 is 14.4 Å². The third-order valence-electron chi connectivity index (χ3n) is 6.07. The van der Waals surface area contributed by atoms with Crippen LogP contribution in [0, 0.1) is 0 Å². The molecule has 3 aromatic carbocycles. The largest absolute Gasteiger partial charge is 0.497 e. The number of nitrogens with zero attached hydrogens (tertiary/aromatic N) is 2. The smallest absolute Gasteiger partial charge is 0.256 e. The molecule has 3 aromatic rings. The Morgan fingerprint density at radius 1 is 0.914 bits per heavy atom. The van der Waals surface area contributed by atoms with Gasteiger partial charge in [0.05, 0.1) is 35.4 Å². The monoisotopic (exact) mass is 532 g/mol. The van der Waals surface area contributed by atoms with Crippen molar-refractivity contribution in [3.63, 3.8) is 0 Å². The van der Waals surface area contributed by atoms with Gasteiger partial charge in [0, 0.05) is 37.7 Å². The van der Waals surface area contributed by atoms with Gasteiger partial charge in [-0.1, -0.05) is 65.1 Å². The van der Waals surface area contributed by atoms with E-state index >= 15 is 0 Å². The minimum Gasteiger partial charge on any atom is -0.497 e.